The number of furan rings is 1. The maximum atomic E-state index is 11.1. The number of nitro benzene ring substituents is 1. The molecule has 2 aromatic rings. The zero-order valence-corrected chi connectivity index (χ0v) is 18.2. The van der Waals surface area contributed by atoms with E-state index >= 15 is 0 Å². The lowest BCUT2D eigenvalue weighted by atomic mass is 10.2. The van der Waals surface area contributed by atoms with Crippen LogP contribution in [0.1, 0.15) is 30.2 Å². The van der Waals surface area contributed by atoms with Gasteiger partial charge in [0.05, 0.1) is 17.2 Å². The number of hydrogen-bond acceptors (Lipinski definition) is 5. The fourth-order valence-electron chi connectivity index (χ4n) is 3.38. The number of rotatable bonds is 7. The maximum Gasteiger partial charge on any atom is 0.274 e. The highest BCUT2D eigenvalue weighted by Crippen LogP contribution is 2.24. The van der Waals surface area contributed by atoms with Crippen LogP contribution < -0.4 is 10.6 Å². The summed E-state index contributed by atoms with van der Waals surface area (Å²) in [5.74, 6) is 1.53. The van der Waals surface area contributed by atoms with Gasteiger partial charge in [-0.3, -0.25) is 20.0 Å². The third-order valence-corrected chi connectivity index (χ3v) is 4.77. The van der Waals surface area contributed by atoms with Gasteiger partial charge in [0, 0.05) is 31.8 Å². The standard InChI is InChI=1S/C19H25N5O3.HI/c1-20-19(21-13-15-7-2-3-8-16(15)24(25)26)22-14-17(18-9-6-12-27-18)23-10-4-5-11-23;/h2-3,6-9,12,17H,4-5,10-11,13-14H2,1H3,(H2,20,21,22);1H. The largest absolute Gasteiger partial charge is 0.468 e. The van der Waals surface area contributed by atoms with E-state index in [-0.39, 0.29) is 40.6 Å². The fraction of sp³-hybridized carbons (Fsp3) is 0.421. The number of nitrogens with one attached hydrogen (secondary N) is 2. The van der Waals surface area contributed by atoms with Crippen LogP contribution in [0.5, 0.6) is 0 Å². The molecule has 2 N–H and O–H groups in total. The quantitative estimate of drug-likeness (QED) is 0.200. The van der Waals surface area contributed by atoms with Crippen molar-refractivity contribution in [1.82, 2.24) is 15.5 Å². The number of likely N-dealkylation sites (tertiary alicyclic amines) is 1. The molecule has 1 fully saturated rings. The van der Waals surface area contributed by atoms with Gasteiger partial charge < -0.3 is 15.1 Å². The van der Waals surface area contributed by atoms with Gasteiger partial charge >= 0.3 is 0 Å². The summed E-state index contributed by atoms with van der Waals surface area (Å²) in [5.41, 5.74) is 0.721. The van der Waals surface area contributed by atoms with E-state index in [1.54, 1.807) is 31.5 Å². The zero-order valence-electron chi connectivity index (χ0n) is 15.8. The van der Waals surface area contributed by atoms with Gasteiger partial charge in [-0.1, -0.05) is 18.2 Å². The van der Waals surface area contributed by atoms with Gasteiger partial charge in [0.2, 0.25) is 0 Å². The Morgan fingerprint density at radius 3 is 2.64 bits per heavy atom. The van der Waals surface area contributed by atoms with E-state index in [1.165, 1.54) is 18.9 Å². The van der Waals surface area contributed by atoms with Crippen LogP contribution in [0.2, 0.25) is 0 Å². The smallest absolute Gasteiger partial charge is 0.274 e. The van der Waals surface area contributed by atoms with Gasteiger partial charge in [-0.2, -0.15) is 0 Å². The van der Waals surface area contributed by atoms with E-state index in [4.69, 9.17) is 4.42 Å². The third kappa shape index (κ3) is 5.68. The summed E-state index contributed by atoms with van der Waals surface area (Å²) in [6, 6.07) is 10.7. The van der Waals surface area contributed by atoms with Gasteiger partial charge in [0.15, 0.2) is 5.96 Å². The first-order valence-corrected chi connectivity index (χ1v) is 9.13. The first kappa shape index (κ1) is 22.2. The van der Waals surface area contributed by atoms with E-state index in [9.17, 15) is 10.1 Å². The predicted molar refractivity (Wildman–Crippen MR) is 119 cm³/mol. The Kier molecular flexibility index (Phi) is 8.71. The Morgan fingerprint density at radius 2 is 2.00 bits per heavy atom. The molecule has 152 valence electrons. The van der Waals surface area contributed by atoms with E-state index in [2.05, 4.69) is 20.5 Å². The number of guanidine groups is 1. The minimum atomic E-state index is -0.368. The molecule has 0 aliphatic carbocycles. The zero-order chi connectivity index (χ0) is 19.1. The third-order valence-electron chi connectivity index (χ3n) is 4.77. The molecule has 0 radical (unpaired) electrons. The number of hydrogen-bond donors (Lipinski definition) is 2. The Morgan fingerprint density at radius 1 is 1.25 bits per heavy atom. The van der Waals surface area contributed by atoms with Crippen LogP contribution in [-0.4, -0.2) is 42.5 Å². The van der Waals surface area contributed by atoms with Crippen molar-refractivity contribution in [3.05, 3.63) is 64.1 Å². The van der Waals surface area contributed by atoms with Crippen molar-refractivity contribution < 1.29 is 9.34 Å². The van der Waals surface area contributed by atoms with Crippen LogP contribution in [0.4, 0.5) is 5.69 Å². The molecule has 3 rings (SSSR count). The molecule has 1 aliphatic heterocycles. The number of halogens is 1. The van der Waals surface area contributed by atoms with Crippen LogP contribution in [0.15, 0.2) is 52.1 Å². The Labute approximate surface area is 181 Å². The molecule has 1 unspecified atom stereocenters. The summed E-state index contributed by atoms with van der Waals surface area (Å²) < 4.78 is 5.63. The van der Waals surface area contributed by atoms with Gasteiger partial charge in [-0.25, -0.2) is 0 Å². The van der Waals surface area contributed by atoms with E-state index in [0.717, 1.165) is 18.8 Å². The van der Waals surface area contributed by atoms with Crippen LogP contribution in [0.25, 0.3) is 0 Å². The molecule has 1 aromatic carbocycles. The summed E-state index contributed by atoms with van der Waals surface area (Å²) in [5, 5.41) is 17.6. The second-order valence-corrected chi connectivity index (χ2v) is 6.47. The van der Waals surface area contributed by atoms with Gasteiger partial charge in [-0.05, 0) is 38.1 Å². The molecule has 9 heteroatoms. The molecule has 0 saturated carbocycles. The van der Waals surface area contributed by atoms with Crippen LogP contribution >= 0.6 is 24.0 Å². The van der Waals surface area contributed by atoms with Crippen molar-refractivity contribution in [2.24, 2.45) is 4.99 Å². The molecular formula is C19H26IN5O3. The van der Waals surface area contributed by atoms with Crippen molar-refractivity contribution in [3.63, 3.8) is 0 Å². The van der Waals surface area contributed by atoms with E-state index in [1.807, 2.05) is 12.1 Å². The number of benzene rings is 1. The molecule has 0 spiro atoms. The van der Waals surface area contributed by atoms with Crippen LogP contribution in [-0.2, 0) is 6.54 Å². The number of nitro groups is 1. The first-order valence-electron chi connectivity index (χ1n) is 9.13. The lowest BCUT2D eigenvalue weighted by Gasteiger charge is -2.26. The average molecular weight is 499 g/mol. The van der Waals surface area contributed by atoms with Crippen molar-refractivity contribution in [2.75, 3.05) is 26.7 Å². The van der Waals surface area contributed by atoms with E-state index in [0.29, 0.717) is 24.6 Å². The second kappa shape index (κ2) is 11.0. The molecule has 0 amide bonds. The normalized spacial score (nSPS) is 15.7. The Bertz CT molecular complexity index is 776. The van der Waals surface area contributed by atoms with Gasteiger partial charge in [-0.15, -0.1) is 24.0 Å². The lowest BCUT2D eigenvalue weighted by molar-refractivity contribution is -0.385. The number of aliphatic imine (C=N–C) groups is 1. The molecular weight excluding hydrogens is 473 g/mol. The average Bonchev–Trinajstić information content (AvgIpc) is 3.39. The minimum Gasteiger partial charge on any atom is -0.468 e. The summed E-state index contributed by atoms with van der Waals surface area (Å²) in [6.07, 6.45) is 4.09. The molecule has 28 heavy (non-hydrogen) atoms. The van der Waals surface area contributed by atoms with Crippen molar-refractivity contribution in [1.29, 1.82) is 0 Å². The maximum absolute atomic E-state index is 11.1. The first-order chi connectivity index (χ1) is 13.2. The van der Waals surface area contributed by atoms with Crippen molar-refractivity contribution in [2.45, 2.75) is 25.4 Å². The second-order valence-electron chi connectivity index (χ2n) is 6.47. The van der Waals surface area contributed by atoms with Crippen molar-refractivity contribution >= 4 is 35.6 Å². The molecule has 2 heterocycles. The highest BCUT2D eigenvalue weighted by Gasteiger charge is 2.25. The summed E-state index contributed by atoms with van der Waals surface area (Å²) in [4.78, 5) is 17.4. The predicted octanol–water partition coefficient (Wildman–Crippen LogP) is 3.31. The molecule has 1 aromatic heterocycles. The molecule has 0 bridgehead atoms. The minimum absolute atomic E-state index is 0. The topological polar surface area (TPSA) is 95.9 Å². The van der Waals surface area contributed by atoms with Crippen LogP contribution in [0.3, 0.4) is 0 Å². The van der Waals surface area contributed by atoms with Gasteiger partial charge in [0.25, 0.3) is 5.69 Å². The Balaban J connectivity index is 0.00000280. The summed E-state index contributed by atoms with van der Waals surface area (Å²) >= 11 is 0. The number of para-hydroxylation sites is 1. The Hall–Kier alpha value is -2.14. The fourth-order valence-corrected chi connectivity index (χ4v) is 3.38. The highest BCUT2D eigenvalue weighted by molar-refractivity contribution is 14.0. The van der Waals surface area contributed by atoms with Gasteiger partial charge in [0.1, 0.15) is 5.76 Å². The molecule has 8 nitrogen and oxygen atoms in total. The van der Waals surface area contributed by atoms with Crippen LogP contribution in [0, 0.1) is 10.1 Å². The molecule has 1 aliphatic rings. The summed E-state index contributed by atoms with van der Waals surface area (Å²) in [6.45, 7) is 3.07. The molecule has 1 atom stereocenters. The highest BCUT2D eigenvalue weighted by atomic mass is 127. The van der Waals surface area contributed by atoms with Crippen molar-refractivity contribution in [3.8, 4) is 0 Å². The number of nitrogens with zero attached hydrogens (tertiary/aromatic N) is 3. The SMILES string of the molecule is CN=C(NCc1ccccc1[N+](=O)[O-])NCC(c1ccco1)N1CCCC1.I. The monoisotopic (exact) mass is 499 g/mol. The van der Waals surface area contributed by atoms with E-state index < -0.39 is 0 Å². The summed E-state index contributed by atoms with van der Waals surface area (Å²) in [7, 11) is 1.69. The lowest BCUT2D eigenvalue weighted by Crippen LogP contribution is -2.42. The molecule has 1 saturated heterocycles.